The fourth-order valence-electron chi connectivity index (χ4n) is 1.50. The molecule has 0 spiro atoms. The molecule has 0 aliphatic rings. The number of ether oxygens (including phenoxy) is 1. The number of hydrogen-bond acceptors (Lipinski definition) is 4. The summed E-state index contributed by atoms with van der Waals surface area (Å²) in [4.78, 5) is 22.9. The number of pyridine rings is 1. The highest BCUT2D eigenvalue weighted by Gasteiger charge is 2.16. The smallest absolute Gasteiger partial charge is 0.358 e. The maximum absolute atomic E-state index is 11.6. The lowest BCUT2D eigenvalue weighted by Gasteiger charge is -1.97. The van der Waals surface area contributed by atoms with Crippen molar-refractivity contribution in [3.8, 4) is 11.5 Å². The van der Waals surface area contributed by atoms with Crippen molar-refractivity contribution in [1.29, 1.82) is 0 Å². The van der Waals surface area contributed by atoms with Crippen LogP contribution in [0.2, 0.25) is 5.02 Å². The van der Waals surface area contributed by atoms with E-state index in [0.29, 0.717) is 28.8 Å². The number of imidazole rings is 1. The second-order valence-electron chi connectivity index (χ2n) is 3.64. The van der Waals surface area contributed by atoms with E-state index >= 15 is 0 Å². The van der Waals surface area contributed by atoms with Crippen LogP contribution in [0.1, 0.15) is 23.1 Å². The van der Waals surface area contributed by atoms with Gasteiger partial charge < -0.3 is 9.72 Å². The molecule has 0 atom stereocenters. The van der Waals surface area contributed by atoms with Crippen LogP contribution in [0.3, 0.4) is 0 Å². The number of carbonyl (C=O) groups excluding carboxylic acids is 1. The van der Waals surface area contributed by atoms with Crippen molar-refractivity contribution in [3.63, 3.8) is 0 Å². The van der Waals surface area contributed by atoms with Gasteiger partial charge in [-0.25, -0.2) is 9.78 Å². The first-order valence-electron chi connectivity index (χ1n) is 5.47. The first-order chi connectivity index (χ1) is 8.61. The minimum atomic E-state index is -0.438. The van der Waals surface area contributed by atoms with E-state index in [1.54, 1.807) is 26.0 Å². The second kappa shape index (κ2) is 5.18. The topological polar surface area (TPSA) is 67.9 Å². The average molecular weight is 266 g/mol. The third-order valence-electron chi connectivity index (χ3n) is 2.32. The first kappa shape index (κ1) is 12.6. The third kappa shape index (κ3) is 2.51. The number of nitrogens with one attached hydrogen (secondary N) is 1. The zero-order chi connectivity index (χ0) is 13.1. The van der Waals surface area contributed by atoms with Crippen LogP contribution in [-0.2, 0) is 4.74 Å². The van der Waals surface area contributed by atoms with Crippen molar-refractivity contribution in [2.45, 2.75) is 13.8 Å². The van der Waals surface area contributed by atoms with Gasteiger partial charge in [0, 0.05) is 11.9 Å². The number of carbonyl (C=O) groups is 1. The molecule has 2 aromatic heterocycles. The lowest BCUT2D eigenvalue weighted by Crippen LogP contribution is -2.06. The standard InChI is InChI=1S/C12H12ClN3O2/c1-3-18-12(17)10-7(2)15-11(16-10)9-5-4-8(13)6-14-9/h4-6H,3H2,1-2H3,(H,15,16). The van der Waals surface area contributed by atoms with Gasteiger partial charge in [0.1, 0.15) is 5.69 Å². The number of aromatic nitrogens is 3. The maximum atomic E-state index is 11.6. The Balaban J connectivity index is 2.34. The summed E-state index contributed by atoms with van der Waals surface area (Å²) in [5.41, 5.74) is 1.56. The highest BCUT2D eigenvalue weighted by atomic mass is 35.5. The van der Waals surface area contributed by atoms with Gasteiger partial charge in [-0.3, -0.25) is 4.98 Å². The minimum Gasteiger partial charge on any atom is -0.461 e. The van der Waals surface area contributed by atoms with Crippen LogP contribution < -0.4 is 0 Å². The molecule has 94 valence electrons. The Hall–Kier alpha value is -1.88. The van der Waals surface area contributed by atoms with E-state index in [2.05, 4.69) is 15.0 Å². The van der Waals surface area contributed by atoms with E-state index in [0.717, 1.165) is 0 Å². The molecule has 2 aromatic rings. The van der Waals surface area contributed by atoms with Crippen LogP contribution >= 0.6 is 11.6 Å². The molecule has 0 saturated heterocycles. The van der Waals surface area contributed by atoms with Gasteiger partial charge in [-0.15, -0.1) is 0 Å². The molecule has 0 aromatic carbocycles. The van der Waals surface area contributed by atoms with Crippen molar-refractivity contribution < 1.29 is 9.53 Å². The molecule has 6 heteroatoms. The zero-order valence-electron chi connectivity index (χ0n) is 10.0. The van der Waals surface area contributed by atoms with E-state index in [-0.39, 0.29) is 5.69 Å². The SMILES string of the molecule is CCOC(=O)c1nc(-c2ccc(Cl)cn2)[nH]c1C. The highest BCUT2D eigenvalue weighted by molar-refractivity contribution is 6.30. The lowest BCUT2D eigenvalue weighted by atomic mass is 10.3. The molecule has 0 amide bonds. The molecule has 1 N–H and O–H groups in total. The van der Waals surface area contributed by atoms with Crippen molar-refractivity contribution in [1.82, 2.24) is 15.0 Å². The second-order valence-corrected chi connectivity index (χ2v) is 4.08. The van der Waals surface area contributed by atoms with Gasteiger partial charge in [0.15, 0.2) is 11.5 Å². The van der Waals surface area contributed by atoms with Gasteiger partial charge in [-0.05, 0) is 26.0 Å². The summed E-state index contributed by atoms with van der Waals surface area (Å²) >= 11 is 5.76. The summed E-state index contributed by atoms with van der Waals surface area (Å²) in [6, 6.07) is 3.45. The zero-order valence-corrected chi connectivity index (χ0v) is 10.8. The largest absolute Gasteiger partial charge is 0.461 e. The Morgan fingerprint density at radius 1 is 1.50 bits per heavy atom. The summed E-state index contributed by atoms with van der Waals surface area (Å²) in [5, 5.41) is 0.549. The monoisotopic (exact) mass is 265 g/mol. The molecule has 0 unspecified atom stereocenters. The van der Waals surface area contributed by atoms with E-state index in [1.807, 2.05) is 0 Å². The summed E-state index contributed by atoms with van der Waals surface area (Å²) < 4.78 is 4.91. The Morgan fingerprint density at radius 3 is 2.89 bits per heavy atom. The molecular weight excluding hydrogens is 254 g/mol. The molecule has 2 rings (SSSR count). The number of aryl methyl sites for hydroxylation is 1. The predicted molar refractivity (Wildman–Crippen MR) is 67.5 cm³/mol. The van der Waals surface area contributed by atoms with E-state index in [9.17, 15) is 4.79 Å². The molecule has 0 fully saturated rings. The fraction of sp³-hybridized carbons (Fsp3) is 0.250. The van der Waals surface area contributed by atoms with E-state index in [1.165, 1.54) is 6.20 Å². The maximum Gasteiger partial charge on any atom is 0.358 e. The Labute approximate surface area is 109 Å². The lowest BCUT2D eigenvalue weighted by molar-refractivity contribution is 0.0519. The van der Waals surface area contributed by atoms with Crippen molar-refractivity contribution in [2.24, 2.45) is 0 Å². The molecule has 5 nitrogen and oxygen atoms in total. The summed E-state index contributed by atoms with van der Waals surface area (Å²) in [5.74, 6) is 0.0821. The number of aromatic amines is 1. The van der Waals surface area contributed by atoms with Crippen molar-refractivity contribution in [2.75, 3.05) is 6.61 Å². The van der Waals surface area contributed by atoms with E-state index in [4.69, 9.17) is 16.3 Å². The quantitative estimate of drug-likeness (QED) is 0.866. The Kier molecular flexibility index (Phi) is 3.62. The molecule has 0 aliphatic heterocycles. The van der Waals surface area contributed by atoms with Crippen LogP contribution in [0, 0.1) is 6.92 Å². The van der Waals surface area contributed by atoms with Crippen LogP contribution in [-0.4, -0.2) is 27.5 Å². The van der Waals surface area contributed by atoms with Crippen molar-refractivity contribution in [3.05, 3.63) is 34.7 Å². The van der Waals surface area contributed by atoms with Crippen LogP contribution in [0.4, 0.5) is 0 Å². The molecule has 0 saturated carbocycles. The number of rotatable bonds is 3. The summed E-state index contributed by atoms with van der Waals surface area (Å²) in [6.07, 6.45) is 1.53. The van der Waals surface area contributed by atoms with Gasteiger partial charge in [0.05, 0.1) is 11.6 Å². The highest BCUT2D eigenvalue weighted by Crippen LogP contribution is 2.18. The molecule has 0 radical (unpaired) electrons. The molecule has 18 heavy (non-hydrogen) atoms. The first-order valence-corrected chi connectivity index (χ1v) is 5.85. The third-order valence-corrected chi connectivity index (χ3v) is 2.55. The molecule has 0 aliphatic carbocycles. The van der Waals surface area contributed by atoms with Gasteiger partial charge in [0.25, 0.3) is 0 Å². The number of H-pyrrole nitrogens is 1. The van der Waals surface area contributed by atoms with Gasteiger partial charge in [0.2, 0.25) is 0 Å². The normalized spacial score (nSPS) is 10.4. The number of esters is 1. The van der Waals surface area contributed by atoms with Crippen LogP contribution in [0.5, 0.6) is 0 Å². The minimum absolute atomic E-state index is 0.281. The average Bonchev–Trinajstić information content (AvgIpc) is 2.72. The molecular formula is C12H12ClN3O2. The number of halogens is 1. The Bertz CT molecular complexity index is 563. The summed E-state index contributed by atoms with van der Waals surface area (Å²) in [6.45, 7) is 3.83. The number of nitrogens with zero attached hydrogens (tertiary/aromatic N) is 2. The van der Waals surface area contributed by atoms with Gasteiger partial charge >= 0.3 is 5.97 Å². The van der Waals surface area contributed by atoms with Crippen LogP contribution in [0.25, 0.3) is 11.5 Å². The molecule has 2 heterocycles. The van der Waals surface area contributed by atoms with E-state index < -0.39 is 5.97 Å². The fourth-order valence-corrected chi connectivity index (χ4v) is 1.61. The molecule has 0 bridgehead atoms. The Morgan fingerprint density at radius 2 is 2.28 bits per heavy atom. The van der Waals surface area contributed by atoms with Crippen LogP contribution in [0.15, 0.2) is 18.3 Å². The van der Waals surface area contributed by atoms with Gasteiger partial charge in [-0.2, -0.15) is 0 Å². The summed E-state index contributed by atoms with van der Waals surface area (Å²) in [7, 11) is 0. The van der Waals surface area contributed by atoms with Crippen molar-refractivity contribution >= 4 is 17.6 Å². The predicted octanol–water partition coefficient (Wildman–Crippen LogP) is 2.61. The van der Waals surface area contributed by atoms with Gasteiger partial charge in [-0.1, -0.05) is 11.6 Å². The number of hydrogen-bond donors (Lipinski definition) is 1.